The molecule has 0 radical (unpaired) electrons. The minimum Gasteiger partial charge on any atom is -0.623 e. The fourth-order valence-corrected chi connectivity index (χ4v) is 5.27. The predicted octanol–water partition coefficient (Wildman–Crippen LogP) is 5.92. The molecule has 0 aliphatic carbocycles. The Balaban J connectivity index is 1.86. The van der Waals surface area contributed by atoms with Gasteiger partial charge in [0.2, 0.25) is 5.91 Å². The predicted molar refractivity (Wildman–Crippen MR) is 149 cm³/mol. The van der Waals surface area contributed by atoms with Gasteiger partial charge in [0, 0.05) is 25.7 Å². The summed E-state index contributed by atoms with van der Waals surface area (Å²) in [5, 5.41) is 24.8. The van der Waals surface area contributed by atoms with Crippen LogP contribution in [0.3, 0.4) is 0 Å². The third kappa shape index (κ3) is 6.34. The number of amides is 1. The van der Waals surface area contributed by atoms with Crippen LogP contribution in [-0.4, -0.2) is 56.3 Å². The maximum absolute atomic E-state index is 14.0. The molecule has 1 saturated heterocycles. The molecule has 3 aromatic rings. The molecular weight excluding hydrogens is 578 g/mol. The number of hydrogen-bond acceptors (Lipinski definition) is 4. The monoisotopic (exact) mass is 611 g/mol. The molecule has 0 unspecified atom stereocenters. The SMILES string of the molecule is Cc1ccccc1-c1cc([N+]2([O-])CCN(C)CC2)[n+](O)cc1N(C)C(=O)C(C)(C)c1cc(C(F)(F)F)cc(C(F)(F)F)c1. The fourth-order valence-electron chi connectivity index (χ4n) is 5.27. The van der Waals surface area contributed by atoms with Crippen molar-refractivity contribution in [3.05, 3.63) is 82.2 Å². The third-order valence-corrected chi connectivity index (χ3v) is 8.08. The van der Waals surface area contributed by atoms with Gasteiger partial charge in [0.25, 0.3) is 6.20 Å². The Kier molecular flexibility index (Phi) is 8.33. The van der Waals surface area contributed by atoms with E-state index in [9.17, 15) is 41.6 Å². The molecular formula is C30H33F6N4O3+. The molecule has 1 aliphatic rings. The molecule has 2 aromatic carbocycles. The second kappa shape index (κ2) is 11.1. The van der Waals surface area contributed by atoms with E-state index in [0.717, 1.165) is 10.5 Å². The van der Waals surface area contributed by atoms with Crippen LogP contribution in [0.1, 0.15) is 36.1 Å². The Labute approximate surface area is 245 Å². The summed E-state index contributed by atoms with van der Waals surface area (Å²) < 4.78 is 81.4. The molecule has 2 heterocycles. The van der Waals surface area contributed by atoms with Crippen molar-refractivity contribution in [2.75, 3.05) is 45.2 Å². The number of aromatic nitrogens is 1. The molecule has 0 saturated carbocycles. The third-order valence-electron chi connectivity index (χ3n) is 8.08. The lowest BCUT2D eigenvalue weighted by Gasteiger charge is -2.43. The molecule has 0 atom stereocenters. The van der Waals surface area contributed by atoms with Gasteiger partial charge in [-0.2, -0.15) is 26.3 Å². The lowest BCUT2D eigenvalue weighted by Crippen LogP contribution is -2.60. The Morgan fingerprint density at radius 1 is 0.930 bits per heavy atom. The van der Waals surface area contributed by atoms with E-state index in [1.54, 1.807) is 18.2 Å². The average molecular weight is 612 g/mol. The average Bonchev–Trinajstić information content (AvgIpc) is 2.93. The lowest BCUT2D eigenvalue weighted by molar-refractivity contribution is -0.897. The Bertz CT molecular complexity index is 1500. The Morgan fingerprint density at radius 2 is 1.44 bits per heavy atom. The van der Waals surface area contributed by atoms with Crippen LogP contribution in [0.15, 0.2) is 54.7 Å². The maximum Gasteiger partial charge on any atom is 0.417 e. The quantitative estimate of drug-likeness (QED) is 0.128. The minimum atomic E-state index is -5.09. The van der Waals surface area contributed by atoms with Crippen LogP contribution in [-0.2, 0) is 22.6 Å². The summed E-state index contributed by atoms with van der Waals surface area (Å²) in [7, 11) is 3.19. The van der Waals surface area contributed by atoms with E-state index >= 15 is 0 Å². The van der Waals surface area contributed by atoms with Crippen molar-refractivity contribution in [3.8, 4) is 11.1 Å². The first-order chi connectivity index (χ1) is 19.8. The number of hydroxylamine groups is 2. The van der Waals surface area contributed by atoms with Crippen molar-refractivity contribution in [2.45, 2.75) is 38.5 Å². The number of likely N-dealkylation sites (N-methyl/N-ethyl adjacent to an activating group) is 2. The number of anilines is 1. The Morgan fingerprint density at radius 3 is 1.95 bits per heavy atom. The largest absolute Gasteiger partial charge is 0.623 e. The number of alkyl halides is 6. The highest BCUT2D eigenvalue weighted by atomic mass is 19.4. The highest BCUT2D eigenvalue weighted by molar-refractivity contribution is 6.03. The summed E-state index contributed by atoms with van der Waals surface area (Å²) in [6.45, 7) is 5.55. The number of carbonyl (C=O) groups excluding carboxylic acids is 1. The topological polar surface area (TPSA) is 70.7 Å². The van der Waals surface area contributed by atoms with Gasteiger partial charge in [0.15, 0.2) is 0 Å². The van der Waals surface area contributed by atoms with Crippen LogP contribution in [0.4, 0.5) is 37.8 Å². The second-order valence-corrected chi connectivity index (χ2v) is 11.5. The van der Waals surface area contributed by atoms with E-state index in [1.165, 1.54) is 33.2 Å². The van der Waals surface area contributed by atoms with Crippen molar-refractivity contribution < 1.29 is 41.1 Å². The smallest absolute Gasteiger partial charge is 0.417 e. The number of quaternary nitrogens is 1. The molecule has 4 rings (SSSR count). The number of halogens is 6. The maximum atomic E-state index is 14.0. The van der Waals surface area contributed by atoms with E-state index in [-0.39, 0.29) is 30.7 Å². The van der Waals surface area contributed by atoms with Crippen LogP contribution >= 0.6 is 0 Å². The van der Waals surface area contributed by atoms with Gasteiger partial charge in [0.1, 0.15) is 18.8 Å². The summed E-state index contributed by atoms with van der Waals surface area (Å²) in [6, 6.07) is 9.68. The Hall–Kier alpha value is -3.68. The van der Waals surface area contributed by atoms with Crippen LogP contribution in [0.2, 0.25) is 0 Å². The molecule has 13 heteroatoms. The fraction of sp³-hybridized carbons (Fsp3) is 0.400. The first-order valence-corrected chi connectivity index (χ1v) is 13.5. The number of carbonyl (C=O) groups is 1. The van der Waals surface area contributed by atoms with Gasteiger partial charge in [-0.15, -0.1) is 0 Å². The number of piperazine rings is 1. The van der Waals surface area contributed by atoms with Crippen molar-refractivity contribution in [3.63, 3.8) is 0 Å². The van der Waals surface area contributed by atoms with Crippen LogP contribution < -0.4 is 14.3 Å². The normalized spacial score (nSPS) is 16.3. The molecule has 1 fully saturated rings. The summed E-state index contributed by atoms with van der Waals surface area (Å²) in [5.74, 6) is -0.823. The van der Waals surface area contributed by atoms with Gasteiger partial charge in [-0.3, -0.25) is 19.5 Å². The van der Waals surface area contributed by atoms with E-state index < -0.39 is 45.0 Å². The van der Waals surface area contributed by atoms with E-state index in [4.69, 9.17) is 0 Å². The van der Waals surface area contributed by atoms with Crippen LogP contribution in [0.5, 0.6) is 0 Å². The zero-order valence-corrected chi connectivity index (χ0v) is 24.3. The molecule has 1 aliphatic heterocycles. The minimum absolute atomic E-state index is 0.0114. The molecule has 43 heavy (non-hydrogen) atoms. The summed E-state index contributed by atoms with van der Waals surface area (Å²) in [4.78, 5) is 17.0. The highest BCUT2D eigenvalue weighted by Crippen LogP contribution is 2.41. The molecule has 0 bridgehead atoms. The zero-order chi connectivity index (χ0) is 32.1. The molecule has 1 amide bonds. The van der Waals surface area contributed by atoms with Gasteiger partial charge < -0.3 is 10.1 Å². The van der Waals surface area contributed by atoms with Crippen molar-refractivity contribution >= 4 is 17.4 Å². The number of benzene rings is 2. The van der Waals surface area contributed by atoms with Gasteiger partial charge in [-0.25, -0.2) is 0 Å². The summed E-state index contributed by atoms with van der Waals surface area (Å²) in [5.41, 5.74) is -3.54. The number of nitrogens with zero attached hydrogens (tertiary/aromatic N) is 4. The molecule has 0 spiro atoms. The lowest BCUT2D eigenvalue weighted by atomic mass is 9.81. The number of hydrogen-bond donors (Lipinski definition) is 1. The molecule has 232 valence electrons. The zero-order valence-electron chi connectivity index (χ0n) is 24.3. The number of rotatable bonds is 5. The molecule has 1 N–H and O–H groups in total. The number of aryl methyl sites for hydroxylation is 1. The van der Waals surface area contributed by atoms with Crippen molar-refractivity contribution in [1.82, 2.24) is 9.55 Å². The van der Waals surface area contributed by atoms with Crippen molar-refractivity contribution in [1.29, 1.82) is 0 Å². The molecule has 1 aromatic heterocycles. The molecule has 7 nitrogen and oxygen atoms in total. The first kappa shape index (κ1) is 32.2. The van der Waals surface area contributed by atoms with Crippen LogP contribution in [0, 0.1) is 12.1 Å². The van der Waals surface area contributed by atoms with Gasteiger partial charge in [-0.1, -0.05) is 24.3 Å². The van der Waals surface area contributed by atoms with Crippen molar-refractivity contribution in [2.24, 2.45) is 0 Å². The van der Waals surface area contributed by atoms with E-state index in [1.807, 2.05) is 24.9 Å². The summed E-state index contributed by atoms with van der Waals surface area (Å²) >= 11 is 0. The van der Waals surface area contributed by atoms with E-state index in [0.29, 0.717) is 41.1 Å². The van der Waals surface area contributed by atoms with Gasteiger partial charge >= 0.3 is 18.2 Å². The van der Waals surface area contributed by atoms with Gasteiger partial charge in [0.05, 0.1) is 27.3 Å². The van der Waals surface area contributed by atoms with Gasteiger partial charge in [-0.05, 0) is 62.7 Å². The highest BCUT2D eigenvalue weighted by Gasteiger charge is 2.43. The van der Waals surface area contributed by atoms with E-state index in [2.05, 4.69) is 0 Å². The number of pyridine rings is 1. The first-order valence-electron chi connectivity index (χ1n) is 13.5. The standard InChI is InChI=1S/C30H33F6N4O3/c1-19-8-6-7-9-23(19)24-17-26(40(43)12-10-37(4)11-13-40)39(42)18-25(24)38(5)27(41)28(2,3)20-14-21(29(31,32)33)16-22(15-20)30(34,35)36/h6-9,14-18,42H,10-13H2,1-5H3/q+1. The summed E-state index contributed by atoms with van der Waals surface area (Å²) in [6.07, 6.45) is -9.00. The second-order valence-electron chi connectivity index (χ2n) is 11.5. The van der Waals surface area contributed by atoms with Crippen LogP contribution in [0.25, 0.3) is 11.1 Å².